The third kappa shape index (κ3) is 4.12. The molecule has 0 aromatic carbocycles. The van der Waals surface area contributed by atoms with Crippen molar-refractivity contribution in [3.05, 3.63) is 0 Å². The van der Waals surface area contributed by atoms with Gasteiger partial charge in [0.15, 0.2) is 0 Å². The van der Waals surface area contributed by atoms with Crippen LogP contribution in [-0.4, -0.2) is 17.1 Å². The van der Waals surface area contributed by atoms with Crippen molar-refractivity contribution in [2.45, 2.75) is 58.4 Å². The van der Waals surface area contributed by atoms with E-state index < -0.39 is 5.97 Å². The highest BCUT2D eigenvalue weighted by molar-refractivity contribution is 5.66. The molecule has 0 aliphatic heterocycles. The van der Waals surface area contributed by atoms with Crippen molar-refractivity contribution in [1.29, 1.82) is 0 Å². The average molecular weight is 227 g/mol. The quantitative estimate of drug-likeness (QED) is 0.759. The van der Waals surface area contributed by atoms with Crippen molar-refractivity contribution in [1.82, 2.24) is 0 Å². The largest absolute Gasteiger partial charge is 0.481 e. The molecule has 0 aromatic heterocycles. The first-order chi connectivity index (χ1) is 7.50. The zero-order valence-electron chi connectivity index (χ0n) is 10.5. The lowest BCUT2D eigenvalue weighted by molar-refractivity contribution is -0.137. The van der Waals surface area contributed by atoms with Gasteiger partial charge in [0.25, 0.3) is 0 Å². The van der Waals surface area contributed by atoms with E-state index in [0.717, 1.165) is 11.8 Å². The maximum atomic E-state index is 10.5. The van der Waals surface area contributed by atoms with Gasteiger partial charge in [-0.1, -0.05) is 13.8 Å². The van der Waals surface area contributed by atoms with E-state index in [1.54, 1.807) is 0 Å². The Morgan fingerprint density at radius 3 is 2.19 bits per heavy atom. The Morgan fingerprint density at radius 2 is 1.75 bits per heavy atom. The Hall–Kier alpha value is -0.570. The van der Waals surface area contributed by atoms with Gasteiger partial charge in [0.2, 0.25) is 0 Å². The van der Waals surface area contributed by atoms with E-state index in [-0.39, 0.29) is 12.5 Å². The number of carboxylic acid groups (broad SMARTS) is 1. The summed E-state index contributed by atoms with van der Waals surface area (Å²) in [5.74, 6) is 1.44. The monoisotopic (exact) mass is 227 g/mol. The van der Waals surface area contributed by atoms with E-state index in [1.807, 2.05) is 0 Å². The number of rotatable bonds is 5. The Bertz CT molecular complexity index is 220. The number of carbonyl (C=O) groups is 1. The summed E-state index contributed by atoms with van der Waals surface area (Å²) in [5.41, 5.74) is 6.05. The topological polar surface area (TPSA) is 63.3 Å². The second-order valence-corrected chi connectivity index (χ2v) is 5.52. The fourth-order valence-electron chi connectivity index (χ4n) is 2.77. The number of hydrogen-bond donors (Lipinski definition) is 2. The van der Waals surface area contributed by atoms with Gasteiger partial charge < -0.3 is 10.8 Å². The second kappa shape index (κ2) is 6.24. The van der Waals surface area contributed by atoms with Crippen molar-refractivity contribution in [2.75, 3.05) is 0 Å². The minimum absolute atomic E-state index is 0.0872. The van der Waals surface area contributed by atoms with Crippen LogP contribution < -0.4 is 5.73 Å². The molecule has 3 nitrogen and oxygen atoms in total. The molecule has 1 saturated carbocycles. The molecule has 1 unspecified atom stereocenters. The van der Waals surface area contributed by atoms with Crippen LogP contribution in [0.15, 0.2) is 0 Å². The Kier molecular flexibility index (Phi) is 5.26. The van der Waals surface area contributed by atoms with Gasteiger partial charge in [0.05, 0.1) is 0 Å². The summed E-state index contributed by atoms with van der Waals surface area (Å²) in [4.78, 5) is 10.5. The first kappa shape index (κ1) is 13.5. The zero-order chi connectivity index (χ0) is 12.1. The Labute approximate surface area is 98.4 Å². The summed E-state index contributed by atoms with van der Waals surface area (Å²) in [6.07, 6.45) is 5.75. The van der Waals surface area contributed by atoms with Gasteiger partial charge in [-0.2, -0.15) is 0 Å². The van der Waals surface area contributed by atoms with Gasteiger partial charge >= 0.3 is 5.97 Å². The van der Waals surface area contributed by atoms with E-state index in [2.05, 4.69) is 13.8 Å². The normalized spacial score (nSPS) is 28.0. The summed E-state index contributed by atoms with van der Waals surface area (Å²) in [6.45, 7) is 4.57. The lowest BCUT2D eigenvalue weighted by Crippen LogP contribution is -2.34. The first-order valence-corrected chi connectivity index (χ1v) is 6.48. The molecule has 1 aliphatic carbocycles. The summed E-state index contributed by atoms with van der Waals surface area (Å²) in [5, 5.41) is 8.62. The van der Waals surface area contributed by atoms with Crippen LogP contribution in [0.25, 0.3) is 0 Å². The Balaban J connectivity index is 2.27. The van der Waals surface area contributed by atoms with E-state index in [4.69, 9.17) is 10.8 Å². The first-order valence-electron chi connectivity index (χ1n) is 6.48. The highest BCUT2D eigenvalue weighted by Gasteiger charge is 2.26. The third-order valence-corrected chi connectivity index (χ3v) is 4.06. The van der Waals surface area contributed by atoms with Gasteiger partial charge in [-0.05, 0) is 49.9 Å². The van der Waals surface area contributed by atoms with E-state index in [9.17, 15) is 4.79 Å². The van der Waals surface area contributed by atoms with Crippen LogP contribution >= 0.6 is 0 Å². The van der Waals surface area contributed by atoms with Crippen molar-refractivity contribution in [3.63, 3.8) is 0 Å². The van der Waals surface area contributed by atoms with Crippen LogP contribution in [-0.2, 0) is 4.79 Å². The highest BCUT2D eigenvalue weighted by Crippen LogP contribution is 2.35. The van der Waals surface area contributed by atoms with E-state index in [1.165, 1.54) is 25.7 Å². The average Bonchev–Trinajstić information content (AvgIpc) is 2.26. The smallest absolute Gasteiger partial charge is 0.303 e. The maximum Gasteiger partial charge on any atom is 0.303 e. The van der Waals surface area contributed by atoms with Gasteiger partial charge in [0.1, 0.15) is 0 Å². The van der Waals surface area contributed by atoms with Crippen molar-refractivity contribution in [3.8, 4) is 0 Å². The third-order valence-electron chi connectivity index (χ3n) is 4.06. The molecule has 0 amide bonds. The van der Waals surface area contributed by atoms with Crippen LogP contribution in [0, 0.1) is 17.8 Å². The lowest BCUT2D eigenvalue weighted by atomic mass is 9.74. The maximum absolute atomic E-state index is 10.5. The molecule has 0 saturated heterocycles. The van der Waals surface area contributed by atoms with Gasteiger partial charge in [0, 0.05) is 12.5 Å². The molecular formula is C13H25NO2. The SMILES string of the molecule is CC(C)C1CCC(C(N)CCC(=O)O)CC1. The number of aliphatic carboxylic acids is 1. The molecule has 0 bridgehead atoms. The molecule has 3 heteroatoms. The molecule has 1 rings (SSSR count). The van der Waals surface area contributed by atoms with Crippen LogP contribution in [0.4, 0.5) is 0 Å². The molecule has 1 aliphatic rings. The summed E-state index contributed by atoms with van der Waals surface area (Å²) < 4.78 is 0. The van der Waals surface area contributed by atoms with Crippen LogP contribution in [0.5, 0.6) is 0 Å². The fourth-order valence-corrected chi connectivity index (χ4v) is 2.77. The minimum atomic E-state index is -0.730. The van der Waals surface area contributed by atoms with Crippen LogP contribution in [0.2, 0.25) is 0 Å². The highest BCUT2D eigenvalue weighted by atomic mass is 16.4. The molecule has 0 spiro atoms. The van der Waals surface area contributed by atoms with E-state index >= 15 is 0 Å². The van der Waals surface area contributed by atoms with Crippen LogP contribution in [0.1, 0.15) is 52.4 Å². The number of nitrogens with two attached hydrogens (primary N) is 1. The molecule has 3 N–H and O–H groups in total. The molecule has 0 radical (unpaired) electrons. The summed E-state index contributed by atoms with van der Waals surface area (Å²) >= 11 is 0. The zero-order valence-corrected chi connectivity index (χ0v) is 10.5. The van der Waals surface area contributed by atoms with Gasteiger partial charge in [-0.25, -0.2) is 0 Å². The molecule has 0 aromatic rings. The molecule has 1 atom stereocenters. The standard InChI is InChI=1S/C13H25NO2/c1-9(2)10-3-5-11(6-4-10)12(14)7-8-13(15)16/h9-12H,3-8,14H2,1-2H3,(H,15,16). The molecule has 1 fully saturated rings. The lowest BCUT2D eigenvalue weighted by Gasteiger charge is -2.33. The van der Waals surface area contributed by atoms with Crippen molar-refractivity contribution < 1.29 is 9.90 Å². The summed E-state index contributed by atoms with van der Waals surface area (Å²) in [6, 6.07) is 0.0872. The van der Waals surface area contributed by atoms with Gasteiger partial charge in [-0.3, -0.25) is 4.79 Å². The predicted molar refractivity (Wildman–Crippen MR) is 65.1 cm³/mol. The molecular weight excluding hydrogens is 202 g/mol. The molecule has 16 heavy (non-hydrogen) atoms. The van der Waals surface area contributed by atoms with Crippen LogP contribution in [0.3, 0.4) is 0 Å². The fraction of sp³-hybridized carbons (Fsp3) is 0.923. The predicted octanol–water partition coefficient (Wildman–Crippen LogP) is 2.64. The summed E-state index contributed by atoms with van der Waals surface area (Å²) in [7, 11) is 0. The van der Waals surface area contributed by atoms with Crippen molar-refractivity contribution in [2.24, 2.45) is 23.5 Å². The second-order valence-electron chi connectivity index (χ2n) is 5.52. The van der Waals surface area contributed by atoms with Gasteiger partial charge in [-0.15, -0.1) is 0 Å². The Morgan fingerprint density at radius 1 is 1.25 bits per heavy atom. The molecule has 0 heterocycles. The number of carboxylic acids is 1. The minimum Gasteiger partial charge on any atom is -0.481 e. The molecule has 94 valence electrons. The number of hydrogen-bond acceptors (Lipinski definition) is 2. The van der Waals surface area contributed by atoms with E-state index in [0.29, 0.717) is 12.3 Å². The van der Waals surface area contributed by atoms with Crippen molar-refractivity contribution >= 4 is 5.97 Å².